The standard InChI is InChI=1S/C28H49O6.Rb/c1-11-22-17(6)16(5)19(8)27(31-22)33-25-18(7)20(9)28(34-26(25)21(10)29)32-24-14(3)13-15(4)30-23(24)12-2;/h13-20,22-28H,11-12H2,1-10H3;/t14?,15?,16-,17-,18+,19?,20?,22?,23?,24+,25-,26?,27+,28+;/m0./s1. The molecule has 198 valence electrons. The minimum absolute atomic E-state index is 0.0121. The molecule has 6 nitrogen and oxygen atoms in total. The molecule has 0 amide bonds. The molecule has 0 radical (unpaired) electrons. The van der Waals surface area contributed by atoms with Crippen molar-refractivity contribution >= 4 is 61.3 Å². The van der Waals surface area contributed by atoms with Crippen molar-refractivity contribution < 1.29 is 28.5 Å². The second-order valence-corrected chi connectivity index (χ2v) is 15.3. The number of Topliss-reactive ketones (excluding diaryl/α,β-unsaturated/α-hetero) is 1. The summed E-state index contributed by atoms with van der Waals surface area (Å²) in [6.45, 7) is 21.5. The Bertz CT molecular complexity index is 701. The first kappa shape index (κ1) is 30.8. The van der Waals surface area contributed by atoms with Crippen molar-refractivity contribution in [2.24, 2.45) is 35.5 Å². The van der Waals surface area contributed by atoms with Crippen molar-refractivity contribution in [3.05, 3.63) is 0 Å². The SMILES string of the molecule is CCC1OC(C)[C@H]([Rb])C(C)[C@H]1O[C@@H]1OC(C(C)=O)[C@@H](O[C@H]2OC(CC)[C@@H](C)[C@H](C)C2C)[C@H](C)C1C. The first-order valence-corrected chi connectivity index (χ1v) is 17.0. The van der Waals surface area contributed by atoms with E-state index < -0.39 is 12.4 Å². The summed E-state index contributed by atoms with van der Waals surface area (Å²) < 4.78 is 33.2. The van der Waals surface area contributed by atoms with Crippen molar-refractivity contribution in [1.29, 1.82) is 0 Å². The molecule has 15 atom stereocenters. The van der Waals surface area contributed by atoms with Gasteiger partial charge in [0.1, 0.15) is 0 Å². The van der Waals surface area contributed by atoms with Gasteiger partial charge in [-0.15, -0.1) is 0 Å². The predicted octanol–water partition coefficient (Wildman–Crippen LogP) is 5.18. The van der Waals surface area contributed by atoms with E-state index in [0.717, 1.165) is 12.8 Å². The van der Waals surface area contributed by atoms with Crippen LogP contribution in [0.5, 0.6) is 0 Å². The third kappa shape index (κ3) is 6.54. The predicted molar refractivity (Wildman–Crippen MR) is 137 cm³/mol. The van der Waals surface area contributed by atoms with Crippen LogP contribution in [-0.4, -0.2) is 111 Å². The van der Waals surface area contributed by atoms with E-state index >= 15 is 0 Å². The second-order valence-electron chi connectivity index (χ2n) is 12.0. The molecule has 3 rings (SSSR count). The van der Waals surface area contributed by atoms with Crippen molar-refractivity contribution in [1.82, 2.24) is 0 Å². The Morgan fingerprint density at radius 1 is 0.686 bits per heavy atom. The van der Waals surface area contributed by atoms with Gasteiger partial charge in [-0.1, -0.05) is 20.8 Å². The van der Waals surface area contributed by atoms with E-state index in [1.54, 1.807) is 6.92 Å². The fraction of sp³-hybridized carbons (Fsp3) is 0.964. The van der Waals surface area contributed by atoms with Crippen molar-refractivity contribution in [3.8, 4) is 0 Å². The Hall–Kier alpha value is 1.28. The number of hydrogen-bond donors (Lipinski definition) is 0. The molecule has 0 bridgehead atoms. The van der Waals surface area contributed by atoms with Crippen molar-refractivity contribution in [3.63, 3.8) is 0 Å². The van der Waals surface area contributed by atoms with Gasteiger partial charge < -0.3 is 0 Å². The van der Waals surface area contributed by atoms with Crippen LogP contribution in [0.2, 0.25) is -1.01 Å². The molecule has 3 saturated heterocycles. The van der Waals surface area contributed by atoms with Crippen LogP contribution >= 0.6 is 0 Å². The molecule has 0 spiro atoms. The van der Waals surface area contributed by atoms with Gasteiger partial charge in [0.2, 0.25) is 0 Å². The summed E-state index contributed by atoms with van der Waals surface area (Å²) in [6, 6.07) is 0. The molecule has 0 aromatic rings. The first-order valence-electron chi connectivity index (χ1n) is 14.2. The maximum atomic E-state index is 12.8. The molecule has 3 fully saturated rings. The third-order valence-electron chi connectivity index (χ3n) is 9.97. The van der Waals surface area contributed by atoms with Gasteiger partial charge >= 0.3 is 222 Å². The summed E-state index contributed by atoms with van der Waals surface area (Å²) in [7, 11) is 0. The van der Waals surface area contributed by atoms with E-state index in [4.69, 9.17) is 23.7 Å². The molecule has 0 aromatic carbocycles. The summed E-state index contributed by atoms with van der Waals surface area (Å²) in [5.41, 5.74) is 0. The topological polar surface area (TPSA) is 63.2 Å². The summed E-state index contributed by atoms with van der Waals surface area (Å²) in [5.74, 6) is 1.79. The zero-order chi connectivity index (χ0) is 26.2. The van der Waals surface area contributed by atoms with Gasteiger partial charge in [0.15, 0.2) is 0 Å². The van der Waals surface area contributed by atoms with Gasteiger partial charge in [0.25, 0.3) is 0 Å². The molecular weight excluding hydrogens is 518 g/mol. The van der Waals surface area contributed by atoms with Gasteiger partial charge in [0, 0.05) is 0 Å². The summed E-state index contributed by atoms with van der Waals surface area (Å²) >= 11 is 0.465. The fourth-order valence-corrected chi connectivity index (χ4v) is 7.67. The fourth-order valence-electron chi connectivity index (χ4n) is 6.35. The van der Waals surface area contributed by atoms with Gasteiger partial charge in [-0.2, -0.15) is 0 Å². The number of ketones is 1. The number of carbonyl (C=O) groups is 1. The monoisotopic (exact) mass is 566 g/mol. The van der Waals surface area contributed by atoms with Crippen LogP contribution in [0.3, 0.4) is 0 Å². The van der Waals surface area contributed by atoms with Crippen LogP contribution in [0.4, 0.5) is 0 Å². The minimum atomic E-state index is -0.660. The molecule has 3 heterocycles. The zero-order valence-corrected chi connectivity index (χ0v) is 28.9. The molecule has 7 unspecified atom stereocenters. The van der Waals surface area contributed by atoms with E-state index in [1.165, 1.54) is 0 Å². The van der Waals surface area contributed by atoms with E-state index in [9.17, 15) is 4.79 Å². The molecule has 3 aliphatic heterocycles. The molecular formula is C28H49O6Rb. The van der Waals surface area contributed by atoms with Crippen molar-refractivity contribution in [2.75, 3.05) is 0 Å². The molecule has 0 saturated carbocycles. The van der Waals surface area contributed by atoms with Crippen LogP contribution in [0.1, 0.15) is 82.1 Å². The van der Waals surface area contributed by atoms with Crippen LogP contribution in [0, 0.1) is 35.5 Å². The molecule has 35 heavy (non-hydrogen) atoms. The summed E-state index contributed by atoms with van der Waals surface area (Å²) in [5, 5.41) is 0. The van der Waals surface area contributed by atoms with E-state index in [-0.39, 0.29) is 54.2 Å². The van der Waals surface area contributed by atoms with Gasteiger partial charge in [-0.25, -0.2) is 0 Å². The summed E-state index contributed by atoms with van der Waals surface area (Å²) in [6.07, 6.45) is 0.579. The molecule has 7 heteroatoms. The van der Waals surface area contributed by atoms with Gasteiger partial charge in [-0.05, 0) is 12.3 Å². The molecule has 0 N–H and O–H groups in total. The first-order chi connectivity index (χ1) is 16.4. The Balaban J connectivity index is 1.77. The number of rotatable bonds is 7. The average molecular weight is 567 g/mol. The molecule has 0 aliphatic carbocycles. The van der Waals surface area contributed by atoms with E-state index in [1.807, 2.05) is 0 Å². The maximum absolute atomic E-state index is 12.8. The molecule has 0 aromatic heterocycles. The van der Waals surface area contributed by atoms with Crippen LogP contribution in [0.15, 0.2) is 0 Å². The van der Waals surface area contributed by atoms with Gasteiger partial charge in [0.05, 0.1) is 0 Å². The van der Waals surface area contributed by atoms with Crippen LogP contribution in [-0.2, 0) is 28.5 Å². The van der Waals surface area contributed by atoms with Crippen LogP contribution < -0.4 is 0 Å². The Labute approximate surface area is 253 Å². The zero-order valence-electron chi connectivity index (χ0n) is 24.0. The van der Waals surface area contributed by atoms with E-state index in [0.29, 0.717) is 78.4 Å². The quantitative estimate of drug-likeness (QED) is 0.423. The average Bonchev–Trinajstić information content (AvgIpc) is 2.83. The molecule has 3 aliphatic rings. The second kappa shape index (κ2) is 13.1. The number of ether oxygens (including phenoxy) is 5. The van der Waals surface area contributed by atoms with Crippen molar-refractivity contribution in [2.45, 2.75) is 130 Å². The third-order valence-corrected chi connectivity index (χ3v) is 14.9. The van der Waals surface area contributed by atoms with Crippen LogP contribution in [0.25, 0.3) is 0 Å². The number of hydrogen-bond acceptors (Lipinski definition) is 6. The summed E-state index contributed by atoms with van der Waals surface area (Å²) in [4.78, 5) is 12.8. The van der Waals surface area contributed by atoms with Gasteiger partial charge in [-0.3, -0.25) is 0 Å². The normalized spacial score (nSPS) is 51.3. The Morgan fingerprint density at radius 2 is 1.23 bits per heavy atom. The Kier molecular flexibility index (Phi) is 11.5. The number of carbonyl (C=O) groups excluding carboxylic acids is 1. The van der Waals surface area contributed by atoms with E-state index in [2.05, 4.69) is 62.3 Å². The Morgan fingerprint density at radius 3 is 1.80 bits per heavy atom.